The zero-order valence-corrected chi connectivity index (χ0v) is 16.3. The summed E-state index contributed by atoms with van der Waals surface area (Å²) in [4.78, 5) is 36.2. The van der Waals surface area contributed by atoms with Crippen molar-refractivity contribution in [3.05, 3.63) is 35.4 Å². The van der Waals surface area contributed by atoms with Crippen molar-refractivity contribution in [2.24, 2.45) is 17.8 Å². The van der Waals surface area contributed by atoms with Gasteiger partial charge < -0.3 is 20.5 Å². The summed E-state index contributed by atoms with van der Waals surface area (Å²) < 4.78 is 0. The molecule has 0 heterocycles. The third-order valence-corrected chi connectivity index (χ3v) is 5.86. The van der Waals surface area contributed by atoms with Crippen LogP contribution in [-0.2, 0) is 14.4 Å². The molecular weight excluding hydrogens is 380 g/mol. The number of anilines is 2. The van der Waals surface area contributed by atoms with E-state index in [1.165, 1.54) is 6.42 Å². The van der Waals surface area contributed by atoms with Crippen LogP contribution < -0.4 is 15.7 Å². The number of benzene rings is 1. The summed E-state index contributed by atoms with van der Waals surface area (Å²) >= 11 is 6.28. The van der Waals surface area contributed by atoms with Gasteiger partial charge in [-0.05, 0) is 43.9 Å². The number of hydrogen-bond acceptors (Lipinski definition) is 4. The molecular formula is C21H24ClN2O4-. The predicted molar refractivity (Wildman–Crippen MR) is 106 cm³/mol. The molecule has 2 aliphatic rings. The molecule has 0 bridgehead atoms. The Morgan fingerprint density at radius 1 is 0.929 bits per heavy atom. The normalized spacial score (nSPS) is 22.5. The molecule has 2 amide bonds. The van der Waals surface area contributed by atoms with Crippen LogP contribution in [0.3, 0.4) is 0 Å². The third-order valence-electron chi connectivity index (χ3n) is 5.54. The molecule has 0 spiro atoms. The number of carboxylic acid groups (broad SMARTS) is 1. The van der Waals surface area contributed by atoms with E-state index in [1.807, 2.05) is 0 Å². The van der Waals surface area contributed by atoms with Crippen LogP contribution in [0, 0.1) is 17.8 Å². The maximum absolute atomic E-state index is 12.5. The Hall–Kier alpha value is -2.34. The third kappa shape index (κ3) is 4.93. The van der Waals surface area contributed by atoms with E-state index in [2.05, 4.69) is 10.6 Å². The van der Waals surface area contributed by atoms with Crippen molar-refractivity contribution in [1.82, 2.24) is 0 Å². The SMILES string of the molecule is O=C(Nc1ccc(NC(=O)[C@H]2CC=CC[C@@H]2C(=O)[O-])cc1Cl)C1CCCCC1. The van der Waals surface area contributed by atoms with Gasteiger partial charge in [0.1, 0.15) is 0 Å². The van der Waals surface area contributed by atoms with Crippen molar-refractivity contribution in [2.45, 2.75) is 44.9 Å². The Balaban J connectivity index is 1.63. The van der Waals surface area contributed by atoms with Crippen LogP contribution >= 0.6 is 11.6 Å². The van der Waals surface area contributed by atoms with Crippen LogP contribution in [0.25, 0.3) is 0 Å². The van der Waals surface area contributed by atoms with Gasteiger partial charge in [0.2, 0.25) is 11.8 Å². The van der Waals surface area contributed by atoms with Gasteiger partial charge in [0.25, 0.3) is 0 Å². The summed E-state index contributed by atoms with van der Waals surface area (Å²) in [6, 6.07) is 4.85. The number of aliphatic carboxylic acids is 1. The quantitative estimate of drug-likeness (QED) is 0.738. The van der Waals surface area contributed by atoms with E-state index in [-0.39, 0.29) is 24.2 Å². The highest BCUT2D eigenvalue weighted by Crippen LogP contribution is 2.30. The summed E-state index contributed by atoms with van der Waals surface area (Å²) in [5, 5.41) is 17.2. The number of nitrogens with one attached hydrogen (secondary N) is 2. The van der Waals surface area contributed by atoms with Gasteiger partial charge in [-0.1, -0.05) is 43.0 Å². The topological polar surface area (TPSA) is 98.3 Å². The first kappa shape index (κ1) is 20.4. The minimum atomic E-state index is -1.22. The van der Waals surface area contributed by atoms with E-state index in [4.69, 9.17) is 11.6 Å². The van der Waals surface area contributed by atoms with Gasteiger partial charge in [-0.2, -0.15) is 0 Å². The van der Waals surface area contributed by atoms with E-state index < -0.39 is 17.8 Å². The lowest BCUT2D eigenvalue weighted by molar-refractivity contribution is -0.313. The number of carbonyl (C=O) groups is 3. The predicted octanol–water partition coefficient (Wildman–Crippen LogP) is 3.13. The summed E-state index contributed by atoms with van der Waals surface area (Å²) in [7, 11) is 0. The second-order valence-electron chi connectivity index (χ2n) is 7.48. The number of hydrogen-bond donors (Lipinski definition) is 2. The van der Waals surface area contributed by atoms with E-state index in [9.17, 15) is 19.5 Å². The lowest BCUT2D eigenvalue weighted by atomic mass is 9.82. The molecule has 0 aromatic heterocycles. The fraction of sp³-hybridized carbons (Fsp3) is 0.476. The molecule has 2 N–H and O–H groups in total. The number of rotatable bonds is 5. The second kappa shape index (κ2) is 9.24. The van der Waals surface area contributed by atoms with Crippen molar-refractivity contribution in [3.63, 3.8) is 0 Å². The monoisotopic (exact) mass is 403 g/mol. The second-order valence-corrected chi connectivity index (χ2v) is 7.89. The summed E-state index contributed by atoms with van der Waals surface area (Å²) in [5.74, 6) is -3.12. The van der Waals surface area contributed by atoms with Gasteiger partial charge in [-0.25, -0.2) is 0 Å². The molecule has 0 saturated heterocycles. The molecule has 3 rings (SSSR count). The van der Waals surface area contributed by atoms with Crippen LogP contribution in [0.2, 0.25) is 5.02 Å². The van der Waals surface area contributed by atoms with Gasteiger partial charge in [-0.3, -0.25) is 9.59 Å². The highest BCUT2D eigenvalue weighted by Gasteiger charge is 2.30. The first-order chi connectivity index (χ1) is 13.5. The van der Waals surface area contributed by atoms with Crippen molar-refractivity contribution >= 4 is 40.8 Å². The van der Waals surface area contributed by atoms with Crippen LogP contribution in [0.4, 0.5) is 11.4 Å². The maximum atomic E-state index is 12.5. The molecule has 6 nitrogen and oxygen atoms in total. The van der Waals surface area contributed by atoms with Crippen LogP contribution in [0.5, 0.6) is 0 Å². The number of allylic oxidation sites excluding steroid dienone is 2. The smallest absolute Gasteiger partial charge is 0.228 e. The number of amides is 2. The maximum Gasteiger partial charge on any atom is 0.228 e. The number of carboxylic acids is 1. The van der Waals surface area contributed by atoms with Crippen LogP contribution in [0.15, 0.2) is 30.4 Å². The Labute approximate surface area is 169 Å². The van der Waals surface area contributed by atoms with Crippen molar-refractivity contribution in [3.8, 4) is 0 Å². The molecule has 150 valence electrons. The molecule has 1 saturated carbocycles. The summed E-state index contributed by atoms with van der Waals surface area (Å²) in [6.45, 7) is 0. The average Bonchev–Trinajstić information content (AvgIpc) is 2.70. The Morgan fingerprint density at radius 2 is 1.61 bits per heavy atom. The van der Waals surface area contributed by atoms with E-state index in [0.29, 0.717) is 22.8 Å². The zero-order chi connectivity index (χ0) is 20.1. The molecule has 0 radical (unpaired) electrons. The largest absolute Gasteiger partial charge is 0.550 e. The lowest BCUT2D eigenvalue weighted by Gasteiger charge is -2.28. The highest BCUT2D eigenvalue weighted by molar-refractivity contribution is 6.34. The first-order valence-corrected chi connectivity index (χ1v) is 10.1. The van der Waals surface area contributed by atoms with Gasteiger partial charge in [-0.15, -0.1) is 0 Å². The fourth-order valence-corrected chi connectivity index (χ4v) is 4.12. The lowest BCUT2D eigenvalue weighted by Crippen LogP contribution is -2.41. The molecule has 1 aromatic rings. The van der Waals surface area contributed by atoms with Crippen molar-refractivity contribution in [1.29, 1.82) is 0 Å². The number of halogens is 1. The van der Waals surface area contributed by atoms with Gasteiger partial charge in [0.15, 0.2) is 0 Å². The first-order valence-electron chi connectivity index (χ1n) is 9.73. The average molecular weight is 404 g/mol. The number of carbonyl (C=O) groups excluding carboxylic acids is 3. The Kier molecular flexibility index (Phi) is 6.73. The fourth-order valence-electron chi connectivity index (χ4n) is 3.89. The van der Waals surface area contributed by atoms with Crippen molar-refractivity contribution in [2.75, 3.05) is 10.6 Å². The molecule has 1 aromatic carbocycles. The van der Waals surface area contributed by atoms with E-state index >= 15 is 0 Å². The molecule has 2 atom stereocenters. The van der Waals surface area contributed by atoms with Gasteiger partial charge in [0.05, 0.1) is 16.6 Å². The molecule has 2 aliphatic carbocycles. The van der Waals surface area contributed by atoms with Crippen molar-refractivity contribution < 1.29 is 19.5 Å². The molecule has 0 unspecified atom stereocenters. The van der Waals surface area contributed by atoms with Gasteiger partial charge >= 0.3 is 0 Å². The Morgan fingerprint density at radius 3 is 2.25 bits per heavy atom. The van der Waals surface area contributed by atoms with Gasteiger partial charge in [0, 0.05) is 23.5 Å². The minimum Gasteiger partial charge on any atom is -0.550 e. The summed E-state index contributed by atoms with van der Waals surface area (Å²) in [6.07, 6.45) is 9.31. The minimum absolute atomic E-state index is 0.0186. The zero-order valence-electron chi connectivity index (χ0n) is 15.6. The van der Waals surface area contributed by atoms with Crippen LogP contribution in [-0.4, -0.2) is 17.8 Å². The molecule has 7 heteroatoms. The molecule has 0 aliphatic heterocycles. The highest BCUT2D eigenvalue weighted by atomic mass is 35.5. The van der Waals surface area contributed by atoms with E-state index in [1.54, 1.807) is 30.4 Å². The standard InChI is InChI=1S/C21H25ClN2O4/c22-17-12-14(23-20(26)15-8-4-5-9-16(15)21(27)28)10-11-18(17)24-19(25)13-6-2-1-3-7-13/h4-5,10-13,15-16H,1-3,6-9H2,(H,23,26)(H,24,25)(H,27,28)/p-1/t15-,16-/m0/s1. The van der Waals surface area contributed by atoms with Crippen LogP contribution in [0.1, 0.15) is 44.9 Å². The summed E-state index contributed by atoms with van der Waals surface area (Å²) in [5.41, 5.74) is 0.959. The molecule has 1 fully saturated rings. The molecule has 28 heavy (non-hydrogen) atoms. The van der Waals surface area contributed by atoms with E-state index in [0.717, 1.165) is 25.7 Å². The Bertz CT molecular complexity index is 787.